The first-order valence-corrected chi connectivity index (χ1v) is 5.35. The largest absolute Gasteiger partial charge is 0.316 e. The van der Waals surface area contributed by atoms with E-state index in [1.54, 1.807) is 0 Å². The molecule has 0 atom stereocenters. The van der Waals surface area contributed by atoms with Crippen LogP contribution in [0.4, 0.5) is 13.2 Å². The first-order chi connectivity index (χ1) is 7.52. The van der Waals surface area contributed by atoms with Gasteiger partial charge < -0.3 is 5.32 Å². The normalized spacial score (nSPS) is 11.1. The lowest BCUT2D eigenvalue weighted by molar-refractivity contribution is 0.439. The van der Waals surface area contributed by atoms with Crippen molar-refractivity contribution < 1.29 is 13.2 Å². The molecule has 0 fully saturated rings. The quantitative estimate of drug-likeness (QED) is 0.607. The molecular formula is C12H16F3N. The fourth-order valence-corrected chi connectivity index (χ4v) is 1.37. The summed E-state index contributed by atoms with van der Waals surface area (Å²) in [7, 11) is 0. The van der Waals surface area contributed by atoms with Crippen molar-refractivity contribution in [2.75, 3.05) is 13.1 Å². The van der Waals surface area contributed by atoms with Crippen molar-refractivity contribution in [3.63, 3.8) is 0 Å². The molecule has 4 heteroatoms. The maximum Gasteiger partial charge on any atom is 0.194 e. The molecule has 0 bridgehead atoms. The molecule has 90 valence electrons. The maximum atomic E-state index is 13.2. The Morgan fingerprint density at radius 1 is 1.12 bits per heavy atom. The number of rotatable bonds is 5. The van der Waals surface area contributed by atoms with Crippen molar-refractivity contribution in [2.45, 2.75) is 20.3 Å². The molecule has 0 aliphatic carbocycles. The van der Waals surface area contributed by atoms with Crippen LogP contribution in [0.1, 0.15) is 19.4 Å². The summed E-state index contributed by atoms with van der Waals surface area (Å²) in [4.78, 5) is 0. The number of nitrogens with one attached hydrogen (secondary N) is 1. The molecule has 0 saturated heterocycles. The fraction of sp³-hybridized carbons (Fsp3) is 0.500. The highest BCUT2D eigenvalue weighted by atomic mass is 19.2. The first-order valence-electron chi connectivity index (χ1n) is 5.35. The van der Waals surface area contributed by atoms with Crippen molar-refractivity contribution in [3.8, 4) is 0 Å². The second-order valence-corrected chi connectivity index (χ2v) is 4.18. The van der Waals surface area contributed by atoms with E-state index < -0.39 is 17.5 Å². The van der Waals surface area contributed by atoms with E-state index in [1.165, 1.54) is 6.07 Å². The molecule has 0 aromatic heterocycles. The lowest BCUT2D eigenvalue weighted by Gasteiger charge is -2.08. The molecule has 1 nitrogen and oxygen atoms in total. The van der Waals surface area contributed by atoms with E-state index in [0.29, 0.717) is 18.9 Å². The molecule has 0 amide bonds. The molecule has 0 radical (unpaired) electrons. The summed E-state index contributed by atoms with van der Waals surface area (Å²) in [5.74, 6) is -3.10. The third-order valence-corrected chi connectivity index (χ3v) is 2.24. The van der Waals surface area contributed by atoms with Gasteiger partial charge in [0.25, 0.3) is 0 Å². The molecule has 16 heavy (non-hydrogen) atoms. The Hall–Kier alpha value is -1.03. The lowest BCUT2D eigenvalue weighted by atomic mass is 10.1. The predicted molar refractivity (Wildman–Crippen MR) is 57.7 cm³/mol. The van der Waals surface area contributed by atoms with Crippen LogP contribution >= 0.6 is 0 Å². The van der Waals surface area contributed by atoms with Crippen LogP contribution in [0.5, 0.6) is 0 Å². The van der Waals surface area contributed by atoms with Crippen LogP contribution in [-0.4, -0.2) is 13.1 Å². The number of hydrogen-bond donors (Lipinski definition) is 1. The van der Waals surface area contributed by atoms with E-state index in [4.69, 9.17) is 0 Å². The Morgan fingerprint density at radius 2 is 1.81 bits per heavy atom. The summed E-state index contributed by atoms with van der Waals surface area (Å²) in [5, 5.41) is 3.11. The molecule has 1 N–H and O–H groups in total. The van der Waals surface area contributed by atoms with Gasteiger partial charge in [0.1, 0.15) is 0 Å². The van der Waals surface area contributed by atoms with E-state index in [0.717, 1.165) is 12.6 Å². The summed E-state index contributed by atoms with van der Waals surface area (Å²) < 4.78 is 38.7. The van der Waals surface area contributed by atoms with Gasteiger partial charge in [-0.2, -0.15) is 0 Å². The molecule has 0 unspecified atom stereocenters. The highest BCUT2D eigenvalue weighted by Crippen LogP contribution is 2.15. The Morgan fingerprint density at radius 3 is 2.44 bits per heavy atom. The van der Waals surface area contributed by atoms with Crippen LogP contribution in [0.25, 0.3) is 0 Å². The monoisotopic (exact) mass is 231 g/mol. The fourth-order valence-electron chi connectivity index (χ4n) is 1.37. The van der Waals surface area contributed by atoms with Crippen molar-refractivity contribution in [1.29, 1.82) is 0 Å². The van der Waals surface area contributed by atoms with Gasteiger partial charge in [-0.25, -0.2) is 13.2 Å². The van der Waals surface area contributed by atoms with Crippen LogP contribution in [0.3, 0.4) is 0 Å². The summed E-state index contributed by atoms with van der Waals surface area (Å²) in [6.07, 6.45) is 0.357. The van der Waals surface area contributed by atoms with Gasteiger partial charge in [-0.3, -0.25) is 0 Å². The van der Waals surface area contributed by atoms with E-state index in [1.807, 2.05) is 0 Å². The van der Waals surface area contributed by atoms with E-state index in [2.05, 4.69) is 19.2 Å². The van der Waals surface area contributed by atoms with E-state index in [9.17, 15) is 13.2 Å². The average molecular weight is 231 g/mol. The van der Waals surface area contributed by atoms with Gasteiger partial charge in [0.15, 0.2) is 17.5 Å². The number of benzene rings is 1. The zero-order valence-corrected chi connectivity index (χ0v) is 9.49. The second-order valence-electron chi connectivity index (χ2n) is 4.18. The van der Waals surface area contributed by atoms with Crippen LogP contribution in [-0.2, 0) is 6.42 Å². The minimum Gasteiger partial charge on any atom is -0.316 e. The molecule has 0 spiro atoms. The molecule has 0 heterocycles. The van der Waals surface area contributed by atoms with Crippen LogP contribution < -0.4 is 5.32 Å². The van der Waals surface area contributed by atoms with Gasteiger partial charge in [0.2, 0.25) is 0 Å². The Labute approximate surface area is 93.7 Å². The standard InChI is InChI=1S/C12H16F3N/c1-8(2)7-16-6-5-9-3-4-10(13)12(15)11(9)14/h3-4,8,16H,5-7H2,1-2H3. The third-order valence-electron chi connectivity index (χ3n) is 2.24. The Bertz CT molecular complexity index is 350. The average Bonchev–Trinajstić information content (AvgIpc) is 2.23. The smallest absolute Gasteiger partial charge is 0.194 e. The lowest BCUT2D eigenvalue weighted by Crippen LogP contribution is -2.22. The minimum absolute atomic E-state index is 0.204. The van der Waals surface area contributed by atoms with Crippen LogP contribution in [0.2, 0.25) is 0 Å². The Kier molecular flexibility index (Phi) is 4.80. The summed E-state index contributed by atoms with van der Waals surface area (Å²) in [6.45, 7) is 5.50. The van der Waals surface area contributed by atoms with Crippen molar-refractivity contribution in [3.05, 3.63) is 35.1 Å². The highest BCUT2D eigenvalue weighted by Gasteiger charge is 2.12. The molecule has 1 rings (SSSR count). The van der Waals surface area contributed by atoms with Gasteiger partial charge in [-0.1, -0.05) is 19.9 Å². The molecule has 0 saturated carbocycles. The summed E-state index contributed by atoms with van der Waals surface area (Å²) in [5.41, 5.74) is 0.204. The molecule has 0 aliphatic heterocycles. The number of halogens is 3. The van der Waals surface area contributed by atoms with Crippen molar-refractivity contribution in [1.82, 2.24) is 5.32 Å². The van der Waals surface area contributed by atoms with Gasteiger partial charge in [-0.15, -0.1) is 0 Å². The predicted octanol–water partition coefficient (Wildman–Crippen LogP) is 2.89. The SMILES string of the molecule is CC(C)CNCCc1ccc(F)c(F)c1F. The van der Waals surface area contributed by atoms with Gasteiger partial charge >= 0.3 is 0 Å². The van der Waals surface area contributed by atoms with Crippen molar-refractivity contribution in [2.24, 2.45) is 5.92 Å². The Balaban J connectivity index is 2.52. The van der Waals surface area contributed by atoms with Gasteiger partial charge in [-0.05, 0) is 37.1 Å². The van der Waals surface area contributed by atoms with E-state index >= 15 is 0 Å². The van der Waals surface area contributed by atoms with Gasteiger partial charge in [0.05, 0.1) is 0 Å². The zero-order chi connectivity index (χ0) is 12.1. The van der Waals surface area contributed by atoms with Crippen LogP contribution in [0.15, 0.2) is 12.1 Å². The summed E-state index contributed by atoms with van der Waals surface area (Å²) >= 11 is 0. The van der Waals surface area contributed by atoms with E-state index in [-0.39, 0.29) is 5.56 Å². The topological polar surface area (TPSA) is 12.0 Å². The maximum absolute atomic E-state index is 13.2. The molecular weight excluding hydrogens is 215 g/mol. The first kappa shape index (κ1) is 13.0. The van der Waals surface area contributed by atoms with Gasteiger partial charge in [0, 0.05) is 0 Å². The molecule has 1 aromatic carbocycles. The van der Waals surface area contributed by atoms with Crippen molar-refractivity contribution >= 4 is 0 Å². The molecule has 0 aliphatic rings. The zero-order valence-electron chi connectivity index (χ0n) is 9.49. The highest BCUT2D eigenvalue weighted by molar-refractivity contribution is 5.20. The number of hydrogen-bond acceptors (Lipinski definition) is 1. The minimum atomic E-state index is -1.39. The molecule has 1 aromatic rings. The second kappa shape index (κ2) is 5.89. The van der Waals surface area contributed by atoms with Crippen LogP contribution in [0, 0.1) is 23.4 Å². The third kappa shape index (κ3) is 3.52. The summed E-state index contributed by atoms with van der Waals surface area (Å²) in [6, 6.07) is 2.24.